The Morgan fingerprint density at radius 3 is 2.75 bits per heavy atom. The van der Waals surface area contributed by atoms with Crippen LogP contribution in [0.5, 0.6) is 0 Å². The van der Waals surface area contributed by atoms with Gasteiger partial charge in [0.2, 0.25) is 0 Å². The minimum absolute atomic E-state index is 0.370. The molecule has 1 aromatic heterocycles. The van der Waals surface area contributed by atoms with Crippen molar-refractivity contribution in [3.63, 3.8) is 0 Å². The van der Waals surface area contributed by atoms with E-state index in [1.165, 1.54) is 6.42 Å². The summed E-state index contributed by atoms with van der Waals surface area (Å²) in [4.78, 5) is 0. The van der Waals surface area contributed by atoms with Crippen LogP contribution in [-0.2, 0) is 0 Å². The van der Waals surface area contributed by atoms with E-state index in [2.05, 4.69) is 42.4 Å². The van der Waals surface area contributed by atoms with Gasteiger partial charge in [-0.05, 0) is 54.2 Å². The van der Waals surface area contributed by atoms with E-state index in [1.807, 2.05) is 16.8 Å². The van der Waals surface area contributed by atoms with Gasteiger partial charge in [0.1, 0.15) is 0 Å². The second kappa shape index (κ2) is 4.89. The van der Waals surface area contributed by atoms with Gasteiger partial charge in [-0.1, -0.05) is 25.5 Å². The molecule has 20 heavy (non-hydrogen) atoms. The van der Waals surface area contributed by atoms with Gasteiger partial charge in [0.25, 0.3) is 0 Å². The highest BCUT2D eigenvalue weighted by atomic mass is 15.6. The summed E-state index contributed by atoms with van der Waals surface area (Å²) in [7, 11) is 0. The van der Waals surface area contributed by atoms with Crippen LogP contribution in [0.15, 0.2) is 18.2 Å². The van der Waals surface area contributed by atoms with Gasteiger partial charge in [0, 0.05) is 11.3 Å². The summed E-state index contributed by atoms with van der Waals surface area (Å²) in [5.41, 5.74) is 8.92. The highest BCUT2D eigenvalue weighted by Crippen LogP contribution is 2.41. The third-order valence-electron chi connectivity index (χ3n) is 4.68. The van der Waals surface area contributed by atoms with Crippen LogP contribution < -0.4 is 5.73 Å². The highest BCUT2D eigenvalue weighted by molar-refractivity contribution is 5.72. The second-order valence-corrected chi connectivity index (χ2v) is 6.02. The molecule has 1 aliphatic rings. The van der Waals surface area contributed by atoms with Crippen LogP contribution in [0.25, 0.3) is 11.4 Å². The summed E-state index contributed by atoms with van der Waals surface area (Å²) in [6.07, 6.45) is 2.36. The van der Waals surface area contributed by atoms with E-state index >= 15 is 0 Å². The molecule has 0 radical (unpaired) electrons. The average molecular weight is 271 g/mol. The third kappa shape index (κ3) is 2.07. The van der Waals surface area contributed by atoms with E-state index in [1.54, 1.807) is 0 Å². The first-order valence-corrected chi connectivity index (χ1v) is 7.22. The highest BCUT2D eigenvalue weighted by Gasteiger charge is 2.33. The maximum absolute atomic E-state index is 6.10. The lowest BCUT2D eigenvalue weighted by Gasteiger charge is -2.19. The quantitative estimate of drug-likeness (QED) is 0.853. The molecular formula is C15H21N5. The number of benzene rings is 1. The molecular weight excluding hydrogens is 250 g/mol. The molecule has 1 aromatic carbocycles. The molecule has 1 heterocycles. The van der Waals surface area contributed by atoms with Crippen molar-refractivity contribution in [2.24, 2.45) is 11.8 Å². The van der Waals surface area contributed by atoms with Crippen LogP contribution in [0.3, 0.4) is 0 Å². The van der Waals surface area contributed by atoms with E-state index in [0.717, 1.165) is 29.1 Å². The van der Waals surface area contributed by atoms with Crippen molar-refractivity contribution >= 4 is 5.69 Å². The molecule has 5 heteroatoms. The molecule has 5 nitrogen and oxygen atoms in total. The van der Waals surface area contributed by atoms with Crippen LogP contribution in [0, 0.1) is 18.8 Å². The minimum Gasteiger partial charge on any atom is -0.398 e. The molecule has 2 N–H and O–H groups in total. The Kier molecular flexibility index (Phi) is 3.20. The van der Waals surface area contributed by atoms with Crippen molar-refractivity contribution in [1.29, 1.82) is 0 Å². The number of nitrogens with zero attached hydrogens (tertiary/aromatic N) is 4. The van der Waals surface area contributed by atoms with Gasteiger partial charge in [-0.3, -0.25) is 0 Å². The van der Waals surface area contributed by atoms with Crippen molar-refractivity contribution in [1.82, 2.24) is 20.2 Å². The lowest BCUT2D eigenvalue weighted by atomic mass is 9.97. The Hall–Kier alpha value is -1.91. The zero-order chi connectivity index (χ0) is 14.3. The maximum Gasteiger partial charge on any atom is 0.184 e. The number of nitrogen functional groups attached to an aromatic ring is 1. The number of tetrazole rings is 1. The molecule has 1 fully saturated rings. The van der Waals surface area contributed by atoms with Gasteiger partial charge in [0.05, 0.1) is 6.04 Å². The minimum atomic E-state index is 0.370. The fraction of sp³-hybridized carbons (Fsp3) is 0.533. The molecule has 3 atom stereocenters. The van der Waals surface area contributed by atoms with Gasteiger partial charge >= 0.3 is 0 Å². The molecule has 3 rings (SSSR count). The van der Waals surface area contributed by atoms with E-state index in [9.17, 15) is 0 Å². The van der Waals surface area contributed by atoms with E-state index in [-0.39, 0.29) is 0 Å². The SMILES string of the molecule is Cc1ccc(N)c(-c2nnnn2C2CCC(C)C2C)c1. The Balaban J connectivity index is 2.04. The molecule has 3 unspecified atom stereocenters. The Bertz CT molecular complexity index is 618. The van der Waals surface area contributed by atoms with Crippen molar-refractivity contribution in [2.45, 2.75) is 39.7 Å². The van der Waals surface area contributed by atoms with E-state index in [4.69, 9.17) is 5.73 Å². The molecule has 0 bridgehead atoms. The van der Waals surface area contributed by atoms with Crippen molar-refractivity contribution in [3.05, 3.63) is 23.8 Å². The van der Waals surface area contributed by atoms with Gasteiger partial charge in [-0.25, -0.2) is 4.68 Å². The summed E-state index contributed by atoms with van der Waals surface area (Å²) in [6, 6.07) is 6.35. The van der Waals surface area contributed by atoms with Gasteiger partial charge < -0.3 is 5.73 Å². The van der Waals surface area contributed by atoms with Gasteiger partial charge in [0.15, 0.2) is 5.82 Å². The summed E-state index contributed by atoms with van der Waals surface area (Å²) < 4.78 is 1.97. The average Bonchev–Trinajstić information content (AvgIpc) is 3.01. The first-order valence-electron chi connectivity index (χ1n) is 7.22. The molecule has 0 amide bonds. The third-order valence-corrected chi connectivity index (χ3v) is 4.68. The Morgan fingerprint density at radius 1 is 1.25 bits per heavy atom. The normalized spacial score (nSPS) is 26.1. The first-order chi connectivity index (χ1) is 9.58. The van der Waals surface area contributed by atoms with Crippen LogP contribution in [-0.4, -0.2) is 20.2 Å². The predicted molar refractivity (Wildman–Crippen MR) is 79.0 cm³/mol. The summed E-state index contributed by atoms with van der Waals surface area (Å²) in [5, 5.41) is 12.3. The lowest BCUT2D eigenvalue weighted by molar-refractivity contribution is 0.328. The number of nitrogens with two attached hydrogens (primary N) is 1. The molecule has 2 aromatic rings. The zero-order valence-corrected chi connectivity index (χ0v) is 12.2. The zero-order valence-electron chi connectivity index (χ0n) is 12.2. The molecule has 0 aliphatic heterocycles. The largest absolute Gasteiger partial charge is 0.398 e. The topological polar surface area (TPSA) is 69.6 Å². The predicted octanol–water partition coefficient (Wildman–Crippen LogP) is 2.84. The van der Waals surface area contributed by atoms with E-state index < -0.39 is 0 Å². The number of aryl methyl sites for hydroxylation is 1. The van der Waals surface area contributed by atoms with Crippen LogP contribution in [0.1, 0.15) is 38.3 Å². The monoisotopic (exact) mass is 271 g/mol. The van der Waals surface area contributed by atoms with Crippen molar-refractivity contribution in [2.75, 3.05) is 5.73 Å². The second-order valence-electron chi connectivity index (χ2n) is 6.02. The molecule has 0 spiro atoms. The Morgan fingerprint density at radius 2 is 2.05 bits per heavy atom. The summed E-state index contributed by atoms with van der Waals surface area (Å²) >= 11 is 0. The summed E-state index contributed by atoms with van der Waals surface area (Å²) in [6.45, 7) is 6.64. The van der Waals surface area contributed by atoms with Crippen molar-refractivity contribution in [3.8, 4) is 11.4 Å². The lowest BCUT2D eigenvalue weighted by Crippen LogP contribution is -2.17. The number of rotatable bonds is 2. The molecule has 1 aliphatic carbocycles. The number of hydrogen-bond acceptors (Lipinski definition) is 4. The van der Waals surface area contributed by atoms with Crippen LogP contribution >= 0.6 is 0 Å². The smallest absolute Gasteiger partial charge is 0.184 e. The fourth-order valence-corrected chi connectivity index (χ4v) is 3.14. The number of aromatic nitrogens is 4. The molecule has 0 saturated heterocycles. The van der Waals surface area contributed by atoms with Crippen LogP contribution in [0.4, 0.5) is 5.69 Å². The standard InChI is InChI=1S/C15H21N5/c1-9-4-6-13(16)12(8-9)15-17-18-19-20(15)14-7-5-10(2)11(14)3/h4,6,8,10-11,14H,5,7,16H2,1-3H3. The first kappa shape index (κ1) is 13.1. The summed E-state index contributed by atoms with van der Waals surface area (Å²) in [5.74, 6) is 2.09. The molecule has 106 valence electrons. The number of hydrogen-bond donors (Lipinski definition) is 1. The van der Waals surface area contributed by atoms with E-state index in [0.29, 0.717) is 17.9 Å². The fourth-order valence-electron chi connectivity index (χ4n) is 3.14. The van der Waals surface area contributed by atoms with Crippen LogP contribution in [0.2, 0.25) is 0 Å². The van der Waals surface area contributed by atoms with Gasteiger partial charge in [-0.2, -0.15) is 0 Å². The maximum atomic E-state index is 6.10. The number of anilines is 1. The molecule has 1 saturated carbocycles. The van der Waals surface area contributed by atoms with Crippen molar-refractivity contribution < 1.29 is 0 Å². The van der Waals surface area contributed by atoms with Gasteiger partial charge in [-0.15, -0.1) is 5.10 Å². The Labute approximate surface area is 119 Å².